The second kappa shape index (κ2) is 7.73. The number of rotatable bonds is 4. The van der Waals surface area contributed by atoms with E-state index in [-0.39, 0.29) is 34.8 Å². The molecule has 1 fully saturated rings. The number of nitrogens with zero attached hydrogens (tertiary/aromatic N) is 1. The van der Waals surface area contributed by atoms with E-state index in [2.05, 4.69) is 5.32 Å². The second-order valence-corrected chi connectivity index (χ2v) is 8.45. The molecular weight excluding hydrogens is 379 g/mol. The first kappa shape index (κ1) is 18.8. The Bertz CT molecular complexity index is 898. The largest absolute Gasteiger partial charge is 0.326 e. The minimum absolute atomic E-state index is 0.0634. The highest BCUT2D eigenvalue weighted by atomic mass is 35.5. The highest BCUT2D eigenvalue weighted by molar-refractivity contribution is 7.89. The molecule has 0 bridgehead atoms. The minimum atomic E-state index is -3.54. The maximum Gasteiger partial charge on any atom is 0.243 e. The Hall–Kier alpha value is -1.96. The van der Waals surface area contributed by atoms with Gasteiger partial charge in [-0.25, -0.2) is 12.8 Å². The van der Waals surface area contributed by atoms with Gasteiger partial charge in [0.15, 0.2) is 0 Å². The molecule has 2 aromatic carbocycles. The van der Waals surface area contributed by atoms with E-state index in [9.17, 15) is 17.6 Å². The molecule has 1 amide bonds. The molecule has 5 nitrogen and oxygen atoms in total. The molecule has 0 atom stereocenters. The van der Waals surface area contributed by atoms with Crippen molar-refractivity contribution in [1.29, 1.82) is 0 Å². The third-order valence-electron chi connectivity index (χ3n) is 4.39. The molecule has 138 valence electrons. The van der Waals surface area contributed by atoms with Gasteiger partial charge >= 0.3 is 0 Å². The van der Waals surface area contributed by atoms with Gasteiger partial charge in [-0.3, -0.25) is 4.79 Å². The van der Waals surface area contributed by atoms with Gasteiger partial charge in [0.05, 0.1) is 9.92 Å². The van der Waals surface area contributed by atoms with Crippen molar-refractivity contribution < 1.29 is 17.6 Å². The van der Waals surface area contributed by atoms with Gasteiger partial charge in [0.1, 0.15) is 5.82 Å². The lowest BCUT2D eigenvalue weighted by atomic mass is 9.97. The Morgan fingerprint density at radius 3 is 2.38 bits per heavy atom. The quantitative estimate of drug-likeness (QED) is 0.859. The SMILES string of the molecule is O=C(Nc1ccc(F)c(Cl)c1)C1CCN(S(=O)(=O)c2ccccc2)CC1. The lowest BCUT2D eigenvalue weighted by molar-refractivity contribution is -0.120. The van der Waals surface area contributed by atoms with Crippen LogP contribution in [-0.4, -0.2) is 31.7 Å². The molecular formula is C18H18ClFN2O3S. The van der Waals surface area contributed by atoms with Gasteiger partial charge in [0, 0.05) is 24.7 Å². The second-order valence-electron chi connectivity index (χ2n) is 6.11. The average molecular weight is 397 g/mol. The van der Waals surface area contributed by atoms with E-state index in [0.29, 0.717) is 18.5 Å². The van der Waals surface area contributed by atoms with Gasteiger partial charge in [-0.15, -0.1) is 0 Å². The number of carbonyl (C=O) groups is 1. The van der Waals surface area contributed by atoms with Crippen LogP contribution in [-0.2, 0) is 14.8 Å². The third-order valence-corrected chi connectivity index (χ3v) is 6.60. The fourth-order valence-corrected chi connectivity index (χ4v) is 4.59. The van der Waals surface area contributed by atoms with Crippen molar-refractivity contribution in [2.45, 2.75) is 17.7 Å². The van der Waals surface area contributed by atoms with Gasteiger partial charge in [-0.1, -0.05) is 29.8 Å². The molecule has 1 heterocycles. The maximum absolute atomic E-state index is 13.2. The van der Waals surface area contributed by atoms with Crippen molar-refractivity contribution in [2.24, 2.45) is 5.92 Å². The molecule has 1 aliphatic heterocycles. The lowest BCUT2D eigenvalue weighted by Crippen LogP contribution is -2.41. The van der Waals surface area contributed by atoms with Crippen LogP contribution in [0.5, 0.6) is 0 Å². The molecule has 0 saturated carbocycles. The van der Waals surface area contributed by atoms with E-state index in [1.165, 1.54) is 22.5 Å². The summed E-state index contributed by atoms with van der Waals surface area (Å²) in [6, 6.07) is 12.2. The summed E-state index contributed by atoms with van der Waals surface area (Å²) in [6.45, 7) is 0.555. The molecule has 3 rings (SSSR count). The van der Waals surface area contributed by atoms with E-state index in [1.54, 1.807) is 30.3 Å². The van der Waals surface area contributed by atoms with Crippen molar-refractivity contribution in [3.05, 3.63) is 59.4 Å². The summed E-state index contributed by atoms with van der Waals surface area (Å²) < 4.78 is 39.8. The minimum Gasteiger partial charge on any atom is -0.326 e. The number of nitrogens with one attached hydrogen (secondary N) is 1. The van der Waals surface area contributed by atoms with E-state index < -0.39 is 15.8 Å². The van der Waals surface area contributed by atoms with Gasteiger partial charge < -0.3 is 5.32 Å². The van der Waals surface area contributed by atoms with Crippen molar-refractivity contribution in [3.8, 4) is 0 Å². The van der Waals surface area contributed by atoms with Crippen LogP contribution >= 0.6 is 11.6 Å². The fourth-order valence-electron chi connectivity index (χ4n) is 2.92. The zero-order valence-electron chi connectivity index (χ0n) is 13.9. The summed E-state index contributed by atoms with van der Waals surface area (Å²) in [4.78, 5) is 12.6. The fraction of sp³-hybridized carbons (Fsp3) is 0.278. The molecule has 2 aromatic rings. The standard InChI is InChI=1S/C18H18ClFN2O3S/c19-16-12-14(6-7-17(16)20)21-18(23)13-8-10-22(11-9-13)26(24,25)15-4-2-1-3-5-15/h1-7,12-13H,8-11H2,(H,21,23). The number of amides is 1. The Labute approximate surface area is 156 Å². The van der Waals surface area contributed by atoms with Gasteiger partial charge in [0.2, 0.25) is 15.9 Å². The smallest absolute Gasteiger partial charge is 0.243 e. The van der Waals surface area contributed by atoms with Crippen LogP contribution in [0.15, 0.2) is 53.4 Å². The molecule has 8 heteroatoms. The number of hydrogen-bond acceptors (Lipinski definition) is 3. The van der Waals surface area contributed by atoms with Crippen LogP contribution in [0.2, 0.25) is 5.02 Å². The van der Waals surface area contributed by atoms with Crippen molar-refractivity contribution in [1.82, 2.24) is 4.31 Å². The van der Waals surface area contributed by atoms with Crippen molar-refractivity contribution >= 4 is 33.2 Å². The van der Waals surface area contributed by atoms with Gasteiger partial charge in [0.25, 0.3) is 0 Å². The Balaban J connectivity index is 1.61. The van der Waals surface area contributed by atoms with Gasteiger partial charge in [-0.2, -0.15) is 4.31 Å². The third kappa shape index (κ3) is 4.06. The monoisotopic (exact) mass is 396 g/mol. The first-order valence-electron chi connectivity index (χ1n) is 8.19. The first-order valence-corrected chi connectivity index (χ1v) is 10.0. The average Bonchev–Trinajstić information content (AvgIpc) is 2.65. The van der Waals surface area contributed by atoms with Crippen LogP contribution in [0.4, 0.5) is 10.1 Å². The topological polar surface area (TPSA) is 66.5 Å². The molecule has 1 aliphatic rings. The van der Waals surface area contributed by atoms with Gasteiger partial charge in [-0.05, 0) is 43.2 Å². The van der Waals surface area contributed by atoms with Crippen molar-refractivity contribution in [3.63, 3.8) is 0 Å². The Kier molecular flexibility index (Phi) is 5.60. The van der Waals surface area contributed by atoms with E-state index >= 15 is 0 Å². The Morgan fingerprint density at radius 1 is 1.12 bits per heavy atom. The predicted octanol–water partition coefficient (Wildman–Crippen LogP) is 3.52. The maximum atomic E-state index is 13.2. The molecule has 0 radical (unpaired) electrons. The van der Waals surface area contributed by atoms with Crippen LogP contribution in [0.3, 0.4) is 0 Å². The summed E-state index contributed by atoms with van der Waals surface area (Å²) >= 11 is 5.71. The number of piperidine rings is 1. The number of hydrogen-bond donors (Lipinski definition) is 1. The molecule has 26 heavy (non-hydrogen) atoms. The van der Waals surface area contributed by atoms with Crippen molar-refractivity contribution in [2.75, 3.05) is 18.4 Å². The van der Waals surface area contributed by atoms with Crippen LogP contribution in [0, 0.1) is 11.7 Å². The molecule has 0 unspecified atom stereocenters. The Morgan fingerprint density at radius 2 is 1.77 bits per heavy atom. The molecule has 1 N–H and O–H groups in total. The number of halogens is 2. The van der Waals surface area contributed by atoms with E-state index in [4.69, 9.17) is 11.6 Å². The molecule has 1 saturated heterocycles. The number of carbonyl (C=O) groups excluding carboxylic acids is 1. The van der Waals surface area contributed by atoms with E-state index in [0.717, 1.165) is 0 Å². The first-order chi connectivity index (χ1) is 12.4. The highest BCUT2D eigenvalue weighted by Gasteiger charge is 2.32. The zero-order chi connectivity index (χ0) is 18.7. The summed E-state index contributed by atoms with van der Waals surface area (Å²) in [6.07, 6.45) is 0.847. The summed E-state index contributed by atoms with van der Waals surface area (Å²) in [7, 11) is -3.54. The summed E-state index contributed by atoms with van der Waals surface area (Å²) in [5.41, 5.74) is 0.417. The summed E-state index contributed by atoms with van der Waals surface area (Å²) in [5.74, 6) is -1.07. The van der Waals surface area contributed by atoms with E-state index in [1.807, 2.05) is 0 Å². The van der Waals surface area contributed by atoms with Crippen LogP contribution in [0.1, 0.15) is 12.8 Å². The van der Waals surface area contributed by atoms with Crippen LogP contribution < -0.4 is 5.32 Å². The van der Waals surface area contributed by atoms with Crippen LogP contribution in [0.25, 0.3) is 0 Å². The lowest BCUT2D eigenvalue weighted by Gasteiger charge is -2.30. The normalized spacial score (nSPS) is 16.4. The molecule has 0 aromatic heterocycles. The number of benzene rings is 2. The zero-order valence-corrected chi connectivity index (χ0v) is 15.4. The molecule has 0 spiro atoms. The number of sulfonamides is 1. The highest BCUT2D eigenvalue weighted by Crippen LogP contribution is 2.25. The summed E-state index contributed by atoms with van der Waals surface area (Å²) in [5, 5.41) is 2.64. The molecule has 0 aliphatic carbocycles. The predicted molar refractivity (Wildman–Crippen MR) is 98.0 cm³/mol. The number of anilines is 1.